The fourth-order valence-corrected chi connectivity index (χ4v) is 5.75. The van der Waals surface area contributed by atoms with Crippen LogP contribution in [0.15, 0.2) is 12.1 Å². The quantitative estimate of drug-likeness (QED) is 0.344. The largest absolute Gasteiger partial charge is 0.490 e. The van der Waals surface area contributed by atoms with Crippen molar-refractivity contribution in [3.05, 3.63) is 29.3 Å². The molecule has 1 aromatic rings. The first-order valence-corrected chi connectivity index (χ1v) is 12.7. The summed E-state index contributed by atoms with van der Waals surface area (Å²) in [6.45, 7) is 4.80. The summed E-state index contributed by atoms with van der Waals surface area (Å²) in [4.78, 5) is 0. The van der Waals surface area contributed by atoms with E-state index >= 15 is 0 Å². The van der Waals surface area contributed by atoms with Gasteiger partial charge in [0.15, 0.2) is 11.6 Å². The van der Waals surface area contributed by atoms with Crippen molar-refractivity contribution in [3.8, 4) is 5.75 Å². The number of ether oxygens (including phenoxy) is 1. The number of halogens is 2. The van der Waals surface area contributed by atoms with Crippen molar-refractivity contribution >= 4 is 0 Å². The molecule has 0 unspecified atom stereocenters. The summed E-state index contributed by atoms with van der Waals surface area (Å²) in [5.74, 6) is 1.43. The van der Waals surface area contributed by atoms with Crippen molar-refractivity contribution in [1.82, 2.24) is 0 Å². The van der Waals surface area contributed by atoms with E-state index in [1.54, 1.807) is 12.1 Å². The molecule has 0 spiro atoms. The highest BCUT2D eigenvalue weighted by atomic mass is 19.2. The highest BCUT2D eigenvalue weighted by Crippen LogP contribution is 2.41. The van der Waals surface area contributed by atoms with Crippen molar-refractivity contribution < 1.29 is 13.5 Å². The van der Waals surface area contributed by atoms with E-state index < -0.39 is 11.6 Å². The van der Waals surface area contributed by atoms with Gasteiger partial charge >= 0.3 is 0 Å². The van der Waals surface area contributed by atoms with E-state index in [0.29, 0.717) is 12.2 Å². The second-order valence-electron chi connectivity index (χ2n) is 9.95. The van der Waals surface area contributed by atoms with Crippen LogP contribution in [0.5, 0.6) is 5.75 Å². The van der Waals surface area contributed by atoms with Crippen molar-refractivity contribution in [2.75, 3.05) is 6.61 Å². The molecular weight excluding hydrogens is 378 g/mol. The van der Waals surface area contributed by atoms with E-state index in [2.05, 4.69) is 13.8 Å². The molecule has 0 aromatic heterocycles. The highest BCUT2D eigenvalue weighted by Gasteiger charge is 2.28. The lowest BCUT2D eigenvalue weighted by Gasteiger charge is -2.32. The number of hydrogen-bond acceptors (Lipinski definition) is 1. The van der Waals surface area contributed by atoms with Gasteiger partial charge in [0, 0.05) is 0 Å². The third-order valence-corrected chi connectivity index (χ3v) is 7.77. The van der Waals surface area contributed by atoms with Crippen LogP contribution in [-0.2, 0) is 0 Å². The van der Waals surface area contributed by atoms with E-state index in [-0.39, 0.29) is 11.7 Å². The number of rotatable bonds is 10. The first kappa shape index (κ1) is 23.5. The minimum Gasteiger partial charge on any atom is -0.490 e. The molecule has 2 aliphatic rings. The first-order valence-electron chi connectivity index (χ1n) is 12.7. The Morgan fingerprint density at radius 3 is 1.87 bits per heavy atom. The predicted octanol–water partition coefficient (Wildman–Crippen LogP) is 8.80. The molecular formula is C27H42F2O. The molecule has 0 aliphatic heterocycles. The molecule has 0 atom stereocenters. The minimum atomic E-state index is -0.801. The Balaban J connectivity index is 1.42. The number of hydrogen-bond donors (Lipinski definition) is 0. The normalized spacial score (nSPS) is 27.2. The van der Waals surface area contributed by atoms with Gasteiger partial charge in [0.25, 0.3) is 0 Å². The Kier molecular flexibility index (Phi) is 9.46. The maximum Gasteiger partial charge on any atom is 0.200 e. The van der Waals surface area contributed by atoms with Gasteiger partial charge < -0.3 is 4.74 Å². The van der Waals surface area contributed by atoms with Crippen molar-refractivity contribution in [1.29, 1.82) is 0 Å². The Hall–Kier alpha value is -1.12. The van der Waals surface area contributed by atoms with E-state index in [4.69, 9.17) is 4.74 Å². The molecule has 3 rings (SSSR count). The van der Waals surface area contributed by atoms with Crippen molar-refractivity contribution in [2.24, 2.45) is 17.8 Å². The maximum absolute atomic E-state index is 14.7. The predicted molar refractivity (Wildman–Crippen MR) is 121 cm³/mol. The van der Waals surface area contributed by atoms with Crippen molar-refractivity contribution in [2.45, 2.75) is 110 Å². The van der Waals surface area contributed by atoms with Crippen LogP contribution in [0, 0.1) is 29.4 Å². The van der Waals surface area contributed by atoms with Gasteiger partial charge in [0.2, 0.25) is 5.82 Å². The van der Waals surface area contributed by atoms with Gasteiger partial charge in [-0.25, -0.2) is 4.39 Å². The molecule has 0 radical (unpaired) electrons. The molecule has 0 saturated heterocycles. The van der Waals surface area contributed by atoms with E-state index in [1.165, 1.54) is 51.4 Å². The first-order chi connectivity index (χ1) is 14.6. The van der Waals surface area contributed by atoms with E-state index in [9.17, 15) is 8.78 Å². The minimum absolute atomic E-state index is 0.0621. The number of benzene rings is 1. The van der Waals surface area contributed by atoms with Crippen LogP contribution >= 0.6 is 0 Å². The van der Waals surface area contributed by atoms with Crippen LogP contribution in [0.25, 0.3) is 0 Å². The van der Waals surface area contributed by atoms with Gasteiger partial charge in [-0.15, -0.1) is 0 Å². The van der Waals surface area contributed by atoms with Crippen molar-refractivity contribution in [3.63, 3.8) is 0 Å². The molecule has 2 aliphatic carbocycles. The van der Waals surface area contributed by atoms with Crippen LogP contribution in [0.3, 0.4) is 0 Å². The monoisotopic (exact) mass is 420 g/mol. The molecule has 0 N–H and O–H groups in total. The summed E-state index contributed by atoms with van der Waals surface area (Å²) in [6, 6.07) is 3.39. The zero-order valence-electron chi connectivity index (χ0n) is 19.2. The fourth-order valence-electron chi connectivity index (χ4n) is 5.75. The second kappa shape index (κ2) is 12.1. The van der Waals surface area contributed by atoms with Gasteiger partial charge in [0.1, 0.15) is 0 Å². The van der Waals surface area contributed by atoms with Gasteiger partial charge in [0.05, 0.1) is 6.61 Å². The maximum atomic E-state index is 14.7. The molecule has 0 heterocycles. The standard InChI is InChI=1S/C27H42F2O/c1-3-5-19-30-25-18-17-24(26(28)27(25)29)23-15-13-22(14-16-23)12-11-21-9-7-20(6-4-2)8-10-21/h17-18,20-23H,3-16,19H2,1-2H3/t20?,21?,22-,23-. The van der Waals surface area contributed by atoms with Gasteiger partial charge in [-0.1, -0.05) is 77.7 Å². The van der Waals surface area contributed by atoms with Crippen LogP contribution < -0.4 is 4.74 Å². The third-order valence-electron chi connectivity index (χ3n) is 7.77. The summed E-state index contributed by atoms with van der Waals surface area (Å²) in [5.41, 5.74) is 0.558. The van der Waals surface area contributed by atoms with Gasteiger partial charge in [-0.2, -0.15) is 4.39 Å². The van der Waals surface area contributed by atoms with Gasteiger partial charge in [-0.05, 0) is 67.4 Å². The molecule has 0 bridgehead atoms. The van der Waals surface area contributed by atoms with Crippen LogP contribution in [0.1, 0.15) is 115 Å². The molecule has 170 valence electrons. The molecule has 1 aromatic carbocycles. The summed E-state index contributed by atoms with van der Waals surface area (Å²) < 4.78 is 34.5. The Bertz CT molecular complexity index is 628. The smallest absolute Gasteiger partial charge is 0.200 e. The van der Waals surface area contributed by atoms with Crippen LogP contribution in [0.2, 0.25) is 0 Å². The summed E-state index contributed by atoms with van der Waals surface area (Å²) in [7, 11) is 0. The van der Waals surface area contributed by atoms with Crippen LogP contribution in [-0.4, -0.2) is 6.61 Å². The lowest BCUT2D eigenvalue weighted by Crippen LogP contribution is -2.18. The van der Waals surface area contributed by atoms with E-state index in [0.717, 1.165) is 56.3 Å². The topological polar surface area (TPSA) is 9.23 Å². The SMILES string of the molecule is CCCCOc1ccc([C@H]2CC[C@H](CCC3CCC(CCC)CC3)CC2)c(F)c1F. The zero-order chi connectivity index (χ0) is 21.3. The highest BCUT2D eigenvalue weighted by molar-refractivity contribution is 5.33. The lowest BCUT2D eigenvalue weighted by molar-refractivity contribution is 0.223. The fraction of sp³-hybridized carbons (Fsp3) is 0.778. The molecule has 1 nitrogen and oxygen atoms in total. The Morgan fingerprint density at radius 2 is 1.30 bits per heavy atom. The number of unbranched alkanes of at least 4 members (excludes halogenated alkanes) is 1. The second-order valence-corrected chi connectivity index (χ2v) is 9.95. The molecule has 0 amide bonds. The average Bonchev–Trinajstić information content (AvgIpc) is 2.77. The molecule has 2 fully saturated rings. The van der Waals surface area contributed by atoms with Gasteiger partial charge in [-0.3, -0.25) is 0 Å². The molecule has 30 heavy (non-hydrogen) atoms. The third kappa shape index (κ3) is 6.44. The Labute approximate surface area is 183 Å². The molecule has 2 saturated carbocycles. The molecule has 3 heteroatoms. The average molecular weight is 421 g/mol. The zero-order valence-corrected chi connectivity index (χ0v) is 19.2. The summed E-state index contributed by atoms with van der Waals surface area (Å²) >= 11 is 0. The summed E-state index contributed by atoms with van der Waals surface area (Å²) in [6.07, 6.45) is 17.3. The van der Waals surface area contributed by atoms with Crippen LogP contribution in [0.4, 0.5) is 8.78 Å². The lowest BCUT2D eigenvalue weighted by atomic mass is 9.74. The summed E-state index contributed by atoms with van der Waals surface area (Å²) in [5, 5.41) is 0. The Morgan fingerprint density at radius 1 is 0.733 bits per heavy atom. The van der Waals surface area contributed by atoms with E-state index in [1.807, 2.05) is 0 Å².